The second kappa shape index (κ2) is 3.37. The third-order valence-corrected chi connectivity index (χ3v) is 1.27. The lowest BCUT2D eigenvalue weighted by Gasteiger charge is -2.02. The zero-order valence-electron chi connectivity index (χ0n) is 12.2. The molecule has 4 heteroatoms. The van der Waals surface area contributed by atoms with Crippen LogP contribution in [0.3, 0.4) is 0 Å². The van der Waals surface area contributed by atoms with Crippen molar-refractivity contribution in [1.29, 1.82) is 0 Å². The van der Waals surface area contributed by atoms with Crippen molar-refractivity contribution in [3.05, 3.63) is 22.2 Å². The van der Waals surface area contributed by atoms with Gasteiger partial charge in [-0.15, -0.1) is 0 Å². The van der Waals surface area contributed by atoms with Crippen LogP contribution in [0.5, 0.6) is 0 Å². The minimum Gasteiger partial charge on any atom is -0.221 e. The molecule has 0 unspecified atom stereocenters. The van der Waals surface area contributed by atoms with Gasteiger partial charge >= 0.3 is 0 Å². The van der Waals surface area contributed by atoms with E-state index in [4.69, 9.17) is 32.8 Å². The molecular formula is C7H8Cl2N2. The maximum Gasteiger partial charge on any atom is 0.134 e. The highest BCUT2D eigenvalue weighted by Gasteiger charge is 2.04. The van der Waals surface area contributed by atoms with E-state index in [1.165, 1.54) is 0 Å². The molecule has 0 aliphatic rings. The van der Waals surface area contributed by atoms with Gasteiger partial charge in [-0.05, 0) is 0 Å². The van der Waals surface area contributed by atoms with E-state index < -0.39 is 25.4 Å². The Hall–Kier alpha value is -0.340. The fraction of sp³-hybridized carbons (Fsp3) is 0.429. The summed E-state index contributed by atoms with van der Waals surface area (Å²) in [5.41, 5.74) is 0. The summed E-state index contributed by atoms with van der Waals surface area (Å²) < 4.78 is 51.2. The van der Waals surface area contributed by atoms with Gasteiger partial charge in [-0.25, -0.2) is 9.97 Å². The second-order valence-electron chi connectivity index (χ2n) is 1.71. The van der Waals surface area contributed by atoms with Gasteiger partial charge in [-0.1, -0.05) is 36.9 Å². The third kappa shape index (κ3) is 2.31. The molecule has 0 aliphatic carbocycles. The summed E-state index contributed by atoms with van der Waals surface area (Å²) in [7, 11) is 0. The smallest absolute Gasteiger partial charge is 0.134 e. The lowest BCUT2D eigenvalue weighted by atomic mass is 10.2. The van der Waals surface area contributed by atoms with E-state index in [2.05, 4.69) is 9.97 Å². The van der Waals surface area contributed by atoms with Crippen LogP contribution in [0.15, 0.2) is 6.07 Å². The fourth-order valence-corrected chi connectivity index (χ4v) is 0.925. The molecule has 2 nitrogen and oxygen atoms in total. The minimum atomic E-state index is -3.16. The van der Waals surface area contributed by atoms with Crippen LogP contribution in [-0.2, 0) is 0 Å². The first kappa shape index (κ1) is 3.19. The molecule has 1 aromatic heterocycles. The molecule has 0 aliphatic heterocycles. The first-order chi connectivity index (χ1) is 7.89. The molecule has 1 heterocycles. The molecule has 0 atom stereocenters. The lowest BCUT2D eigenvalue weighted by Crippen LogP contribution is -1.96. The summed E-state index contributed by atoms with van der Waals surface area (Å²) in [5.74, 6) is -3.74. The van der Waals surface area contributed by atoms with Crippen LogP contribution in [0.2, 0.25) is 10.3 Å². The zero-order valence-corrected chi connectivity index (χ0v) is 6.74. The molecule has 0 radical (unpaired) electrons. The Labute approximate surface area is 85.4 Å². The Kier molecular flexibility index (Phi) is 0.977. The van der Waals surface area contributed by atoms with Gasteiger partial charge in [0, 0.05) is 21.6 Å². The van der Waals surface area contributed by atoms with E-state index in [9.17, 15) is 0 Å². The average molecular weight is 198 g/mol. The summed E-state index contributed by atoms with van der Waals surface area (Å²) in [5, 5.41) is -0.453. The zero-order chi connectivity index (χ0) is 14.4. The molecule has 11 heavy (non-hydrogen) atoms. The first-order valence-electron chi connectivity index (χ1n) is 6.10. The molecule has 60 valence electrons. The maximum absolute atomic E-state index is 7.79. The van der Waals surface area contributed by atoms with Crippen LogP contribution in [-0.4, -0.2) is 9.97 Å². The monoisotopic (exact) mass is 197 g/mol. The summed E-state index contributed by atoms with van der Waals surface area (Å²) in [4.78, 5) is 7.00. The van der Waals surface area contributed by atoms with Gasteiger partial charge in [0.25, 0.3) is 0 Å². The van der Waals surface area contributed by atoms with E-state index in [0.717, 1.165) is 6.07 Å². The van der Waals surface area contributed by atoms with Crippen LogP contribution >= 0.6 is 23.2 Å². The predicted octanol–water partition coefficient (Wildman–Crippen LogP) is 2.91. The number of rotatable bonds is 1. The Morgan fingerprint density at radius 2 is 2.00 bits per heavy atom. The van der Waals surface area contributed by atoms with E-state index >= 15 is 0 Å². The van der Waals surface area contributed by atoms with Gasteiger partial charge in [0.15, 0.2) is 0 Å². The van der Waals surface area contributed by atoms with Crippen molar-refractivity contribution in [3.63, 3.8) is 0 Å². The Morgan fingerprint density at radius 1 is 1.45 bits per heavy atom. The number of halogens is 2. The van der Waals surface area contributed by atoms with Gasteiger partial charge in [0.2, 0.25) is 0 Å². The highest BCUT2D eigenvalue weighted by Crippen LogP contribution is 2.16. The number of nitrogens with zero attached hydrogens (tertiary/aromatic N) is 2. The molecule has 0 saturated heterocycles. The van der Waals surface area contributed by atoms with Gasteiger partial charge < -0.3 is 0 Å². The molecule has 0 N–H and O–H groups in total. The van der Waals surface area contributed by atoms with Crippen LogP contribution in [0, 0.1) is 0 Å². The lowest BCUT2D eigenvalue weighted by molar-refractivity contribution is 0.774. The number of aromatic nitrogens is 2. The van der Waals surface area contributed by atoms with Crippen molar-refractivity contribution in [2.45, 2.75) is 19.6 Å². The summed E-state index contributed by atoms with van der Waals surface area (Å²) in [6, 6.07) is 1.12. The average Bonchev–Trinajstić information content (AvgIpc) is 2.11. The van der Waals surface area contributed by atoms with E-state index in [1.807, 2.05) is 0 Å². The normalized spacial score (nSPS) is 23.3. The van der Waals surface area contributed by atoms with Crippen molar-refractivity contribution in [3.8, 4) is 0 Å². The Balaban J connectivity index is 3.55. The molecule has 0 spiro atoms. The van der Waals surface area contributed by atoms with Crippen molar-refractivity contribution >= 4 is 23.2 Å². The van der Waals surface area contributed by atoms with Crippen molar-refractivity contribution in [1.82, 2.24) is 9.97 Å². The van der Waals surface area contributed by atoms with Crippen LogP contribution in [0.1, 0.15) is 35.0 Å². The van der Waals surface area contributed by atoms with Crippen LogP contribution < -0.4 is 0 Å². The van der Waals surface area contributed by atoms with Crippen molar-refractivity contribution in [2.24, 2.45) is 0 Å². The Morgan fingerprint density at radius 3 is 2.45 bits per heavy atom. The molecule has 0 amide bonds. The van der Waals surface area contributed by atoms with Gasteiger partial charge in [-0.2, -0.15) is 0 Å². The van der Waals surface area contributed by atoms with Crippen molar-refractivity contribution < 1.29 is 9.60 Å². The van der Waals surface area contributed by atoms with Gasteiger partial charge in [0.1, 0.15) is 16.1 Å². The second-order valence-corrected chi connectivity index (χ2v) is 2.49. The molecule has 0 fully saturated rings. The summed E-state index contributed by atoms with van der Waals surface area (Å²) in [6.07, 6.45) is 0. The molecule has 0 bridgehead atoms. The maximum atomic E-state index is 7.79. The number of hydrogen-bond donors (Lipinski definition) is 0. The van der Waals surface area contributed by atoms with Crippen molar-refractivity contribution in [2.75, 3.05) is 0 Å². The molecule has 0 aromatic carbocycles. The highest BCUT2D eigenvalue weighted by atomic mass is 35.5. The van der Waals surface area contributed by atoms with Gasteiger partial charge in [-0.3, -0.25) is 0 Å². The largest absolute Gasteiger partial charge is 0.221 e. The van der Waals surface area contributed by atoms with E-state index in [-0.39, 0.29) is 10.3 Å². The highest BCUT2D eigenvalue weighted by molar-refractivity contribution is 6.33. The molecule has 0 saturated carbocycles. The van der Waals surface area contributed by atoms with E-state index in [1.54, 1.807) is 0 Å². The van der Waals surface area contributed by atoms with Gasteiger partial charge in [0.05, 0.1) is 0 Å². The fourth-order valence-electron chi connectivity index (χ4n) is 0.502. The predicted molar refractivity (Wildman–Crippen MR) is 46.1 cm³/mol. The topological polar surface area (TPSA) is 25.8 Å². The molecular weight excluding hydrogens is 183 g/mol. The standard InChI is InChI=1S/C7H8Cl2N2/c1-4(2)7-10-5(8)3-6(9)11-7/h3-4H,1-2H3/i1D3,2D3,4D. The number of hydrogen-bond acceptors (Lipinski definition) is 2. The minimum absolute atomic E-state index is 0.227. The molecule has 1 rings (SSSR count). The van der Waals surface area contributed by atoms with Crippen LogP contribution in [0.4, 0.5) is 0 Å². The molecule has 1 aromatic rings. The summed E-state index contributed by atoms with van der Waals surface area (Å²) in [6.45, 7) is -6.32. The Bertz CT molecular complexity index is 422. The first-order valence-corrected chi connectivity index (χ1v) is 3.36. The van der Waals surface area contributed by atoms with E-state index in [0.29, 0.717) is 0 Å². The summed E-state index contributed by atoms with van der Waals surface area (Å²) >= 11 is 11.1. The van der Waals surface area contributed by atoms with Crippen LogP contribution in [0.25, 0.3) is 0 Å². The SMILES string of the molecule is [2H]C([2H])([2H])C([2H])(c1nc(Cl)cc(Cl)n1)C([2H])([2H])[2H]. The third-order valence-electron chi connectivity index (χ3n) is 0.887. The quantitative estimate of drug-likeness (QED) is 0.648.